The highest BCUT2D eigenvalue weighted by Crippen LogP contribution is 2.43. The van der Waals surface area contributed by atoms with Gasteiger partial charge in [0.15, 0.2) is 0 Å². The largest absolute Gasteiger partial charge is 0.390 e. The zero-order chi connectivity index (χ0) is 10.8. The highest BCUT2D eigenvalue weighted by Gasteiger charge is 2.40. The summed E-state index contributed by atoms with van der Waals surface area (Å²) in [4.78, 5) is -0.429. The first-order valence-corrected chi connectivity index (χ1v) is 5.81. The Morgan fingerprint density at radius 1 is 1.36 bits per heavy atom. The van der Waals surface area contributed by atoms with E-state index in [1.807, 2.05) is 13.8 Å². The lowest BCUT2D eigenvalue weighted by atomic mass is 9.77. The molecular weight excluding hydrogens is 200 g/mol. The Balaban J connectivity index is 2.53. The second-order valence-corrected chi connectivity index (χ2v) is 5.56. The molecule has 0 aromatic heterocycles. The van der Waals surface area contributed by atoms with E-state index < -0.39 is 10.5 Å². The van der Waals surface area contributed by atoms with Gasteiger partial charge < -0.3 is 14.4 Å². The van der Waals surface area contributed by atoms with E-state index in [1.54, 1.807) is 7.11 Å². The van der Waals surface area contributed by atoms with Crippen molar-refractivity contribution in [3.8, 4) is 0 Å². The molecule has 3 nitrogen and oxygen atoms in total. The van der Waals surface area contributed by atoms with Crippen LogP contribution in [-0.2, 0) is 4.74 Å². The number of ether oxygens (including phenoxy) is 1. The van der Waals surface area contributed by atoms with Gasteiger partial charge in [0.2, 0.25) is 0 Å². The summed E-state index contributed by atoms with van der Waals surface area (Å²) in [5.41, 5.74) is -0.611. The molecule has 84 valence electrons. The van der Waals surface area contributed by atoms with Crippen LogP contribution in [-0.4, -0.2) is 27.3 Å². The number of rotatable bonds is 3. The summed E-state index contributed by atoms with van der Waals surface area (Å²) in [5, 5.41) is 9.85. The summed E-state index contributed by atoms with van der Waals surface area (Å²) in [6.07, 6.45) is 3.43. The van der Waals surface area contributed by atoms with Crippen LogP contribution in [0.3, 0.4) is 0 Å². The molecule has 0 amide bonds. The van der Waals surface area contributed by atoms with Crippen LogP contribution in [0, 0.1) is 5.92 Å². The number of hydrogen-bond acceptors (Lipinski definition) is 4. The van der Waals surface area contributed by atoms with Crippen LogP contribution in [0.1, 0.15) is 39.5 Å². The van der Waals surface area contributed by atoms with Crippen molar-refractivity contribution >= 4 is 12.0 Å². The predicted molar refractivity (Wildman–Crippen MR) is 58.2 cm³/mol. The zero-order valence-electron chi connectivity index (χ0n) is 9.12. The molecule has 0 aromatic carbocycles. The van der Waals surface area contributed by atoms with E-state index in [2.05, 4.69) is 0 Å². The van der Waals surface area contributed by atoms with Crippen molar-refractivity contribution in [3.63, 3.8) is 0 Å². The Morgan fingerprint density at radius 2 is 1.86 bits per heavy atom. The maximum Gasteiger partial charge on any atom is 0.138 e. The maximum atomic E-state index is 9.85. The third kappa shape index (κ3) is 2.63. The van der Waals surface area contributed by atoms with Gasteiger partial charge in [-0.3, -0.25) is 0 Å². The van der Waals surface area contributed by atoms with Crippen LogP contribution in [0.15, 0.2) is 0 Å². The predicted octanol–water partition coefficient (Wildman–Crippen LogP) is 2.50. The molecule has 0 saturated heterocycles. The van der Waals surface area contributed by atoms with Crippen molar-refractivity contribution in [1.82, 2.24) is 0 Å². The van der Waals surface area contributed by atoms with E-state index in [0.29, 0.717) is 5.92 Å². The first-order chi connectivity index (χ1) is 6.43. The molecule has 0 aliphatic heterocycles. The number of aliphatic hydroxyl groups is 1. The van der Waals surface area contributed by atoms with Gasteiger partial charge in [0, 0.05) is 19.2 Å². The van der Waals surface area contributed by atoms with Gasteiger partial charge in [-0.15, -0.1) is 0 Å². The second-order valence-electron chi connectivity index (χ2n) is 4.63. The summed E-state index contributed by atoms with van der Waals surface area (Å²) >= 11 is 0.802. The van der Waals surface area contributed by atoms with E-state index >= 15 is 0 Å². The SMILES string of the molecule is COC1(SO)CCC(C(C)(C)O)CC1. The summed E-state index contributed by atoms with van der Waals surface area (Å²) in [7, 11) is 1.63. The lowest BCUT2D eigenvalue weighted by Gasteiger charge is -2.40. The summed E-state index contributed by atoms with van der Waals surface area (Å²) in [6, 6.07) is 0. The lowest BCUT2D eigenvalue weighted by molar-refractivity contribution is -0.0404. The Kier molecular flexibility index (Phi) is 3.86. The molecule has 0 heterocycles. The van der Waals surface area contributed by atoms with Gasteiger partial charge in [-0.05, 0) is 45.4 Å². The van der Waals surface area contributed by atoms with Gasteiger partial charge in [-0.2, -0.15) is 0 Å². The molecule has 1 fully saturated rings. The average Bonchev–Trinajstić information content (AvgIpc) is 2.16. The quantitative estimate of drug-likeness (QED) is 0.567. The molecule has 0 radical (unpaired) electrons. The smallest absolute Gasteiger partial charge is 0.138 e. The van der Waals surface area contributed by atoms with Gasteiger partial charge in [0.25, 0.3) is 0 Å². The number of hydrogen-bond donors (Lipinski definition) is 2. The van der Waals surface area contributed by atoms with Crippen molar-refractivity contribution in [2.45, 2.75) is 50.1 Å². The molecule has 0 spiro atoms. The van der Waals surface area contributed by atoms with Crippen molar-refractivity contribution < 1.29 is 14.4 Å². The third-order valence-corrected chi connectivity index (χ3v) is 4.19. The molecule has 0 atom stereocenters. The average molecular weight is 220 g/mol. The minimum absolute atomic E-state index is 0.318. The third-order valence-electron chi connectivity index (χ3n) is 3.28. The molecule has 1 saturated carbocycles. The summed E-state index contributed by atoms with van der Waals surface area (Å²) in [6.45, 7) is 3.70. The Labute approximate surface area is 90.1 Å². The molecule has 1 aliphatic rings. The number of methoxy groups -OCH3 is 1. The molecule has 0 aromatic rings. The van der Waals surface area contributed by atoms with Gasteiger partial charge >= 0.3 is 0 Å². The molecule has 0 bridgehead atoms. The van der Waals surface area contributed by atoms with Crippen LogP contribution < -0.4 is 0 Å². The van der Waals surface area contributed by atoms with E-state index in [1.165, 1.54) is 0 Å². The van der Waals surface area contributed by atoms with E-state index in [9.17, 15) is 5.11 Å². The van der Waals surface area contributed by atoms with Gasteiger partial charge in [0.05, 0.1) is 5.60 Å². The fourth-order valence-corrected chi connectivity index (χ4v) is 2.59. The minimum Gasteiger partial charge on any atom is -0.390 e. The first kappa shape index (κ1) is 12.3. The van der Waals surface area contributed by atoms with Crippen LogP contribution in [0.5, 0.6) is 0 Å². The normalized spacial score (nSPS) is 34.5. The van der Waals surface area contributed by atoms with Crippen LogP contribution >= 0.6 is 12.0 Å². The van der Waals surface area contributed by atoms with Crippen molar-refractivity contribution in [3.05, 3.63) is 0 Å². The highest BCUT2D eigenvalue weighted by atomic mass is 32.2. The molecular formula is C10H20O3S. The Hall–Kier alpha value is 0.230. The molecule has 1 aliphatic carbocycles. The topological polar surface area (TPSA) is 49.7 Å². The molecule has 4 heteroatoms. The van der Waals surface area contributed by atoms with Crippen molar-refractivity contribution in [2.75, 3.05) is 7.11 Å². The molecule has 2 N–H and O–H groups in total. The summed E-state index contributed by atoms with van der Waals surface area (Å²) in [5.74, 6) is 0.318. The Morgan fingerprint density at radius 3 is 2.14 bits per heavy atom. The monoisotopic (exact) mass is 220 g/mol. The Bertz CT molecular complexity index is 174. The van der Waals surface area contributed by atoms with Gasteiger partial charge in [0.1, 0.15) is 4.93 Å². The molecule has 0 unspecified atom stereocenters. The van der Waals surface area contributed by atoms with Gasteiger partial charge in [-0.1, -0.05) is 0 Å². The van der Waals surface area contributed by atoms with Crippen LogP contribution in [0.4, 0.5) is 0 Å². The summed E-state index contributed by atoms with van der Waals surface area (Å²) < 4.78 is 14.5. The fourth-order valence-electron chi connectivity index (χ4n) is 2.10. The maximum absolute atomic E-state index is 9.85. The van der Waals surface area contributed by atoms with E-state index in [4.69, 9.17) is 9.29 Å². The fraction of sp³-hybridized carbons (Fsp3) is 1.00. The molecule has 14 heavy (non-hydrogen) atoms. The van der Waals surface area contributed by atoms with Crippen LogP contribution in [0.2, 0.25) is 0 Å². The second kappa shape index (κ2) is 4.39. The van der Waals surface area contributed by atoms with Crippen LogP contribution in [0.25, 0.3) is 0 Å². The van der Waals surface area contributed by atoms with Gasteiger partial charge in [-0.25, -0.2) is 0 Å². The van der Waals surface area contributed by atoms with Crippen molar-refractivity contribution in [1.29, 1.82) is 0 Å². The molecule has 1 rings (SSSR count). The van der Waals surface area contributed by atoms with E-state index in [0.717, 1.165) is 37.7 Å². The van der Waals surface area contributed by atoms with Crippen molar-refractivity contribution in [2.24, 2.45) is 5.92 Å². The van der Waals surface area contributed by atoms with E-state index in [-0.39, 0.29) is 0 Å². The zero-order valence-corrected chi connectivity index (χ0v) is 9.93. The standard InChI is InChI=1S/C10H20O3S/c1-9(2,11)8-4-6-10(13-3,14-12)7-5-8/h8,11-12H,4-7H2,1-3H3. The first-order valence-electron chi connectivity index (χ1n) is 5.03. The minimum atomic E-state index is -0.611. The highest BCUT2D eigenvalue weighted by molar-refractivity contribution is 7.95. The lowest BCUT2D eigenvalue weighted by Crippen LogP contribution is -2.40.